The third-order valence-electron chi connectivity index (χ3n) is 2.61. The van der Waals surface area contributed by atoms with Crippen LogP contribution in [0.2, 0.25) is 0 Å². The summed E-state index contributed by atoms with van der Waals surface area (Å²) in [6.45, 7) is 0. The summed E-state index contributed by atoms with van der Waals surface area (Å²) in [4.78, 5) is 3.91. The number of pyridine rings is 1. The highest BCUT2D eigenvalue weighted by Crippen LogP contribution is 2.29. The Bertz CT molecular complexity index is 752. The summed E-state index contributed by atoms with van der Waals surface area (Å²) in [5.74, 6) is 6.01. The predicted octanol–water partition coefficient (Wildman–Crippen LogP) is 1.94. The molecule has 0 saturated heterocycles. The number of hydrogen-bond donors (Lipinski definition) is 3. The van der Waals surface area contributed by atoms with E-state index in [0.29, 0.717) is 15.9 Å². The van der Waals surface area contributed by atoms with Crippen molar-refractivity contribution in [1.29, 1.82) is 0 Å². The number of hydrogen-bond acceptors (Lipinski definition) is 6. The van der Waals surface area contributed by atoms with Gasteiger partial charge in [0.05, 0.1) is 17.7 Å². The normalized spacial score (nSPS) is 11.0. The van der Waals surface area contributed by atoms with E-state index in [2.05, 4.69) is 31.1 Å². The number of aromatic nitrogens is 1. The van der Waals surface area contributed by atoms with Gasteiger partial charge in [-0.15, -0.1) is 0 Å². The van der Waals surface area contributed by atoms with Crippen LogP contribution in [0.3, 0.4) is 0 Å². The molecule has 21 heavy (non-hydrogen) atoms. The van der Waals surface area contributed by atoms with E-state index in [1.807, 2.05) is 0 Å². The van der Waals surface area contributed by atoms with Gasteiger partial charge in [0.15, 0.2) is 0 Å². The number of methoxy groups -OCH3 is 1. The van der Waals surface area contributed by atoms with Crippen molar-refractivity contribution in [1.82, 2.24) is 4.98 Å². The average Bonchev–Trinajstić information content (AvgIpc) is 2.49. The highest BCUT2D eigenvalue weighted by atomic mass is 79.9. The number of ether oxygens (including phenoxy) is 1. The van der Waals surface area contributed by atoms with E-state index in [0.717, 1.165) is 0 Å². The summed E-state index contributed by atoms with van der Waals surface area (Å²) >= 11 is 3.29. The topological polar surface area (TPSA) is 106 Å². The third-order valence-corrected chi connectivity index (χ3v) is 4.66. The fraction of sp³-hybridized carbons (Fsp3) is 0.0833. The summed E-state index contributed by atoms with van der Waals surface area (Å²) in [7, 11) is -2.26. The van der Waals surface area contributed by atoms with E-state index in [4.69, 9.17) is 10.6 Å². The zero-order valence-corrected chi connectivity index (χ0v) is 13.4. The molecule has 4 N–H and O–H groups in total. The number of nitrogens with two attached hydrogens (primary N) is 1. The molecule has 0 spiro atoms. The molecular formula is C12H13BrN4O3S. The van der Waals surface area contributed by atoms with Crippen LogP contribution in [-0.2, 0) is 10.0 Å². The number of nitrogens with zero attached hydrogens (tertiary/aromatic N) is 1. The molecule has 1 aromatic heterocycles. The van der Waals surface area contributed by atoms with Crippen LogP contribution in [-0.4, -0.2) is 20.5 Å². The maximum Gasteiger partial charge on any atom is 0.262 e. The zero-order chi connectivity index (χ0) is 15.5. The highest BCUT2D eigenvalue weighted by molar-refractivity contribution is 9.10. The number of halogens is 1. The van der Waals surface area contributed by atoms with Crippen molar-refractivity contribution in [3.8, 4) is 5.75 Å². The summed E-state index contributed by atoms with van der Waals surface area (Å²) in [5, 5.41) is 0. The first-order valence-electron chi connectivity index (χ1n) is 5.75. The van der Waals surface area contributed by atoms with Crippen molar-refractivity contribution in [2.45, 2.75) is 4.90 Å². The van der Waals surface area contributed by atoms with E-state index >= 15 is 0 Å². The van der Waals surface area contributed by atoms with Crippen LogP contribution in [0.25, 0.3) is 0 Å². The second-order valence-electron chi connectivity index (χ2n) is 3.97. The maximum atomic E-state index is 12.4. The van der Waals surface area contributed by atoms with Gasteiger partial charge < -0.3 is 10.2 Å². The Kier molecular flexibility index (Phi) is 4.66. The molecule has 1 aromatic carbocycles. The summed E-state index contributed by atoms with van der Waals surface area (Å²) < 4.78 is 32.9. The van der Waals surface area contributed by atoms with E-state index < -0.39 is 10.0 Å². The van der Waals surface area contributed by atoms with Crippen molar-refractivity contribution in [2.24, 2.45) is 5.84 Å². The number of anilines is 2. The highest BCUT2D eigenvalue weighted by Gasteiger charge is 2.17. The lowest BCUT2D eigenvalue weighted by Gasteiger charge is -2.11. The number of hydrazine groups is 1. The van der Waals surface area contributed by atoms with Crippen molar-refractivity contribution in [3.05, 3.63) is 41.0 Å². The predicted molar refractivity (Wildman–Crippen MR) is 83.5 cm³/mol. The SMILES string of the molecule is COc1ccc(Br)c(NS(=O)(=O)c2ccnc(NN)c2)c1. The summed E-state index contributed by atoms with van der Waals surface area (Å²) in [6, 6.07) is 7.68. The summed E-state index contributed by atoms with van der Waals surface area (Å²) in [6.07, 6.45) is 1.35. The molecule has 0 aliphatic heterocycles. The first kappa shape index (κ1) is 15.5. The van der Waals surface area contributed by atoms with Gasteiger partial charge >= 0.3 is 0 Å². The second-order valence-corrected chi connectivity index (χ2v) is 6.51. The Balaban J connectivity index is 2.37. The lowest BCUT2D eigenvalue weighted by Crippen LogP contribution is -2.15. The first-order valence-corrected chi connectivity index (χ1v) is 8.03. The zero-order valence-electron chi connectivity index (χ0n) is 11.0. The molecule has 0 radical (unpaired) electrons. The molecule has 0 amide bonds. The van der Waals surface area contributed by atoms with Crippen LogP contribution in [0, 0.1) is 0 Å². The van der Waals surface area contributed by atoms with Gasteiger partial charge in [-0.1, -0.05) is 0 Å². The average molecular weight is 373 g/mol. The molecule has 2 aromatic rings. The Hall–Kier alpha value is -1.84. The Morgan fingerprint density at radius 3 is 2.71 bits per heavy atom. The van der Waals surface area contributed by atoms with Gasteiger partial charge in [-0.2, -0.15) is 0 Å². The smallest absolute Gasteiger partial charge is 0.262 e. The third kappa shape index (κ3) is 3.63. The molecular weight excluding hydrogens is 360 g/mol. The number of benzene rings is 1. The Morgan fingerprint density at radius 2 is 2.05 bits per heavy atom. The number of rotatable bonds is 5. The van der Waals surface area contributed by atoms with Crippen LogP contribution in [0.15, 0.2) is 45.9 Å². The van der Waals surface area contributed by atoms with E-state index in [1.165, 1.54) is 25.4 Å². The molecule has 1 heterocycles. The Labute approximate surface area is 130 Å². The number of sulfonamides is 1. The van der Waals surface area contributed by atoms with Crippen LogP contribution in [0.4, 0.5) is 11.5 Å². The van der Waals surface area contributed by atoms with Crippen LogP contribution in [0.1, 0.15) is 0 Å². The van der Waals surface area contributed by atoms with Crippen molar-refractivity contribution >= 4 is 37.5 Å². The van der Waals surface area contributed by atoms with Gasteiger partial charge in [-0.3, -0.25) is 4.72 Å². The molecule has 7 nitrogen and oxygen atoms in total. The molecule has 0 saturated carbocycles. The maximum absolute atomic E-state index is 12.4. The number of nitrogens with one attached hydrogen (secondary N) is 2. The largest absolute Gasteiger partial charge is 0.497 e. The molecule has 0 fully saturated rings. The van der Waals surface area contributed by atoms with Crippen LogP contribution >= 0.6 is 15.9 Å². The van der Waals surface area contributed by atoms with Gasteiger partial charge in [-0.25, -0.2) is 19.2 Å². The Morgan fingerprint density at radius 1 is 1.29 bits per heavy atom. The number of nitrogen functional groups attached to an aromatic ring is 1. The lowest BCUT2D eigenvalue weighted by molar-refractivity contribution is 0.415. The lowest BCUT2D eigenvalue weighted by atomic mass is 10.3. The van der Waals surface area contributed by atoms with Crippen molar-refractivity contribution in [3.63, 3.8) is 0 Å². The molecule has 0 bridgehead atoms. The van der Waals surface area contributed by atoms with Crippen LogP contribution < -0.4 is 20.7 Å². The molecule has 9 heteroatoms. The van der Waals surface area contributed by atoms with Crippen LogP contribution in [0.5, 0.6) is 5.75 Å². The van der Waals surface area contributed by atoms with Gasteiger partial charge in [0, 0.05) is 22.8 Å². The standard InChI is InChI=1S/C12H13BrN4O3S/c1-20-8-2-3-10(13)11(6-8)17-21(18,19)9-4-5-15-12(7-9)16-14/h2-7,17H,14H2,1H3,(H,15,16). The minimum atomic E-state index is -3.76. The molecule has 0 unspecified atom stereocenters. The summed E-state index contributed by atoms with van der Waals surface area (Å²) in [5.41, 5.74) is 2.67. The fourth-order valence-corrected chi connectivity index (χ4v) is 3.13. The van der Waals surface area contributed by atoms with Gasteiger partial charge in [0.1, 0.15) is 11.6 Å². The monoisotopic (exact) mass is 372 g/mol. The minimum Gasteiger partial charge on any atom is -0.497 e. The second kappa shape index (κ2) is 6.29. The minimum absolute atomic E-state index is 0.0418. The molecule has 0 atom stereocenters. The van der Waals surface area contributed by atoms with E-state index in [9.17, 15) is 8.42 Å². The molecule has 0 aliphatic rings. The molecule has 2 rings (SSSR count). The van der Waals surface area contributed by atoms with Gasteiger partial charge in [0.25, 0.3) is 10.0 Å². The van der Waals surface area contributed by atoms with E-state index in [-0.39, 0.29) is 10.7 Å². The van der Waals surface area contributed by atoms with Gasteiger partial charge in [-0.05, 0) is 34.1 Å². The fourth-order valence-electron chi connectivity index (χ4n) is 1.57. The first-order chi connectivity index (χ1) is 9.96. The van der Waals surface area contributed by atoms with E-state index in [1.54, 1.807) is 18.2 Å². The van der Waals surface area contributed by atoms with Gasteiger partial charge in [0.2, 0.25) is 0 Å². The molecule has 112 valence electrons. The quantitative estimate of drug-likeness (QED) is 0.546. The van der Waals surface area contributed by atoms with Crippen molar-refractivity contribution in [2.75, 3.05) is 17.3 Å². The van der Waals surface area contributed by atoms with Crippen molar-refractivity contribution < 1.29 is 13.2 Å². The molecule has 0 aliphatic carbocycles.